The van der Waals surface area contributed by atoms with Crippen LogP contribution in [0.25, 0.3) is 0 Å². The van der Waals surface area contributed by atoms with Crippen molar-refractivity contribution in [2.45, 2.75) is 63.9 Å². The maximum Gasteiger partial charge on any atom is 0.246 e. The standard InChI is InChI=1S/C14H26N4O2S/c1-4-13-7-5-10-18(13)21(19,20)14-11(2)16-17(12(14)3)9-6-8-15/h13H,4-10,15H2,1-3H3. The molecule has 0 amide bonds. The molecule has 2 rings (SSSR count). The highest BCUT2D eigenvalue weighted by atomic mass is 32.2. The van der Waals surface area contributed by atoms with E-state index in [0.717, 1.165) is 31.4 Å². The van der Waals surface area contributed by atoms with E-state index in [1.807, 2.05) is 13.8 Å². The van der Waals surface area contributed by atoms with Crippen LogP contribution < -0.4 is 5.73 Å². The van der Waals surface area contributed by atoms with E-state index in [-0.39, 0.29) is 6.04 Å². The third kappa shape index (κ3) is 3.00. The van der Waals surface area contributed by atoms with Crippen LogP contribution in [0.3, 0.4) is 0 Å². The Balaban J connectivity index is 2.38. The highest BCUT2D eigenvalue weighted by Crippen LogP contribution is 2.30. The maximum absolute atomic E-state index is 13.0. The Morgan fingerprint density at radius 3 is 2.71 bits per heavy atom. The van der Waals surface area contributed by atoms with Crippen molar-refractivity contribution in [3.8, 4) is 0 Å². The van der Waals surface area contributed by atoms with Gasteiger partial charge < -0.3 is 5.73 Å². The largest absolute Gasteiger partial charge is 0.330 e. The van der Waals surface area contributed by atoms with Gasteiger partial charge in [-0.05, 0) is 46.1 Å². The average Bonchev–Trinajstić information content (AvgIpc) is 3.01. The molecule has 2 heterocycles. The lowest BCUT2D eigenvalue weighted by atomic mass is 10.2. The fourth-order valence-corrected chi connectivity index (χ4v) is 5.31. The Kier molecular flexibility index (Phi) is 5.06. The molecule has 0 aliphatic carbocycles. The van der Waals surface area contributed by atoms with Gasteiger partial charge in [0, 0.05) is 19.1 Å². The minimum atomic E-state index is -3.45. The number of sulfonamides is 1. The van der Waals surface area contributed by atoms with Gasteiger partial charge in [0.05, 0.1) is 11.4 Å². The van der Waals surface area contributed by atoms with Crippen LogP contribution in [0.1, 0.15) is 44.0 Å². The highest BCUT2D eigenvalue weighted by Gasteiger charge is 2.37. The van der Waals surface area contributed by atoms with Gasteiger partial charge in [-0.1, -0.05) is 6.92 Å². The van der Waals surface area contributed by atoms with Crippen molar-refractivity contribution < 1.29 is 8.42 Å². The molecular weight excluding hydrogens is 288 g/mol. The summed E-state index contributed by atoms with van der Waals surface area (Å²) in [6.45, 7) is 7.51. The first-order chi connectivity index (χ1) is 9.93. The fraction of sp³-hybridized carbons (Fsp3) is 0.786. The summed E-state index contributed by atoms with van der Waals surface area (Å²) >= 11 is 0. The van der Waals surface area contributed by atoms with Crippen molar-refractivity contribution in [2.24, 2.45) is 5.73 Å². The summed E-state index contributed by atoms with van der Waals surface area (Å²) in [6, 6.07) is 0.126. The molecular formula is C14H26N4O2S. The molecule has 1 atom stereocenters. The van der Waals surface area contributed by atoms with E-state index in [1.54, 1.807) is 15.9 Å². The molecule has 21 heavy (non-hydrogen) atoms. The molecule has 1 aliphatic rings. The SMILES string of the molecule is CCC1CCCN1S(=O)(=O)c1c(C)nn(CCCN)c1C. The second kappa shape index (κ2) is 6.46. The van der Waals surface area contributed by atoms with Gasteiger partial charge in [0.2, 0.25) is 10.0 Å². The molecule has 0 spiro atoms. The predicted octanol–water partition coefficient (Wildman–Crippen LogP) is 1.41. The van der Waals surface area contributed by atoms with Crippen LogP contribution in [-0.2, 0) is 16.6 Å². The maximum atomic E-state index is 13.0. The van der Waals surface area contributed by atoms with Crippen LogP contribution in [0.4, 0.5) is 0 Å². The quantitative estimate of drug-likeness (QED) is 0.861. The Labute approximate surface area is 127 Å². The number of aromatic nitrogens is 2. The van der Waals surface area contributed by atoms with Gasteiger partial charge in [-0.25, -0.2) is 8.42 Å². The predicted molar refractivity (Wildman–Crippen MR) is 82.6 cm³/mol. The zero-order valence-electron chi connectivity index (χ0n) is 13.2. The summed E-state index contributed by atoms with van der Waals surface area (Å²) in [5.74, 6) is 0. The summed E-state index contributed by atoms with van der Waals surface area (Å²) in [4.78, 5) is 0.389. The van der Waals surface area contributed by atoms with E-state index in [9.17, 15) is 8.42 Å². The number of nitrogens with two attached hydrogens (primary N) is 1. The monoisotopic (exact) mass is 314 g/mol. The van der Waals surface area contributed by atoms with E-state index in [4.69, 9.17) is 5.73 Å². The van der Waals surface area contributed by atoms with Crippen molar-refractivity contribution in [3.63, 3.8) is 0 Å². The Morgan fingerprint density at radius 1 is 1.38 bits per heavy atom. The molecule has 6 nitrogen and oxygen atoms in total. The molecule has 1 aromatic heterocycles. The summed E-state index contributed by atoms with van der Waals surface area (Å²) in [6.07, 6.45) is 3.55. The first-order valence-corrected chi connectivity index (χ1v) is 9.13. The summed E-state index contributed by atoms with van der Waals surface area (Å²) < 4.78 is 29.4. The van der Waals surface area contributed by atoms with Gasteiger partial charge in [0.25, 0.3) is 0 Å². The van der Waals surface area contributed by atoms with Crippen molar-refractivity contribution in [1.82, 2.24) is 14.1 Å². The van der Waals surface area contributed by atoms with Crippen LogP contribution in [0, 0.1) is 13.8 Å². The molecule has 1 aliphatic heterocycles. The Morgan fingerprint density at radius 2 is 2.10 bits per heavy atom. The van der Waals surface area contributed by atoms with E-state index < -0.39 is 10.0 Å². The number of nitrogens with zero attached hydrogens (tertiary/aromatic N) is 3. The molecule has 0 aromatic carbocycles. The molecule has 1 saturated heterocycles. The van der Waals surface area contributed by atoms with Crippen LogP contribution >= 0.6 is 0 Å². The normalized spacial score (nSPS) is 20.3. The fourth-order valence-electron chi connectivity index (χ4n) is 3.16. The van der Waals surface area contributed by atoms with Gasteiger partial charge in [0.15, 0.2) is 0 Å². The van der Waals surface area contributed by atoms with E-state index in [0.29, 0.717) is 30.2 Å². The number of rotatable bonds is 6. The average molecular weight is 314 g/mol. The van der Waals surface area contributed by atoms with Gasteiger partial charge in [-0.2, -0.15) is 9.40 Å². The minimum Gasteiger partial charge on any atom is -0.330 e. The van der Waals surface area contributed by atoms with Crippen LogP contribution in [0.15, 0.2) is 4.90 Å². The summed E-state index contributed by atoms with van der Waals surface area (Å²) in [5.41, 5.74) is 6.84. The summed E-state index contributed by atoms with van der Waals surface area (Å²) in [5, 5.41) is 4.39. The molecule has 0 saturated carbocycles. The Hall–Kier alpha value is -0.920. The lowest BCUT2D eigenvalue weighted by Crippen LogP contribution is -2.35. The van der Waals surface area contributed by atoms with E-state index in [2.05, 4.69) is 5.10 Å². The molecule has 1 unspecified atom stereocenters. The lowest BCUT2D eigenvalue weighted by Gasteiger charge is -2.23. The van der Waals surface area contributed by atoms with Crippen molar-refractivity contribution in [3.05, 3.63) is 11.4 Å². The van der Waals surface area contributed by atoms with Crippen molar-refractivity contribution in [2.75, 3.05) is 13.1 Å². The number of hydrogen-bond donors (Lipinski definition) is 1. The van der Waals surface area contributed by atoms with Crippen LogP contribution in [0.2, 0.25) is 0 Å². The molecule has 120 valence electrons. The van der Waals surface area contributed by atoms with Crippen LogP contribution in [-0.4, -0.2) is 41.6 Å². The zero-order valence-corrected chi connectivity index (χ0v) is 14.0. The van der Waals surface area contributed by atoms with Gasteiger partial charge in [0.1, 0.15) is 4.90 Å². The summed E-state index contributed by atoms with van der Waals surface area (Å²) in [7, 11) is -3.45. The van der Waals surface area contributed by atoms with Crippen molar-refractivity contribution in [1.29, 1.82) is 0 Å². The molecule has 0 bridgehead atoms. The molecule has 1 fully saturated rings. The van der Waals surface area contributed by atoms with Gasteiger partial charge in [-0.3, -0.25) is 4.68 Å². The van der Waals surface area contributed by atoms with Crippen LogP contribution in [0.5, 0.6) is 0 Å². The molecule has 7 heteroatoms. The number of aryl methyl sites for hydroxylation is 2. The smallest absolute Gasteiger partial charge is 0.246 e. The molecule has 0 radical (unpaired) electrons. The highest BCUT2D eigenvalue weighted by molar-refractivity contribution is 7.89. The zero-order chi connectivity index (χ0) is 15.6. The molecule has 1 aromatic rings. The number of hydrogen-bond acceptors (Lipinski definition) is 4. The van der Waals surface area contributed by atoms with E-state index >= 15 is 0 Å². The second-order valence-electron chi connectivity index (χ2n) is 5.69. The first kappa shape index (κ1) is 16.5. The topological polar surface area (TPSA) is 81.2 Å². The third-order valence-electron chi connectivity index (χ3n) is 4.25. The Bertz CT molecular complexity index is 594. The minimum absolute atomic E-state index is 0.126. The van der Waals surface area contributed by atoms with Crippen molar-refractivity contribution >= 4 is 10.0 Å². The molecule has 2 N–H and O–H groups in total. The van der Waals surface area contributed by atoms with Gasteiger partial charge >= 0.3 is 0 Å². The van der Waals surface area contributed by atoms with E-state index in [1.165, 1.54) is 0 Å². The third-order valence-corrected chi connectivity index (χ3v) is 6.46. The second-order valence-corrected chi connectivity index (χ2v) is 7.51. The lowest BCUT2D eigenvalue weighted by molar-refractivity contribution is 0.379. The van der Waals surface area contributed by atoms with Gasteiger partial charge in [-0.15, -0.1) is 0 Å². The first-order valence-electron chi connectivity index (χ1n) is 7.69.